The number of halogens is 2. The number of primary amides is 1. The first kappa shape index (κ1) is 19.2. The van der Waals surface area contributed by atoms with Gasteiger partial charge in [-0.25, -0.2) is 11.6 Å². The number of ketones is 1. The van der Waals surface area contributed by atoms with E-state index in [9.17, 15) is 18.4 Å². The van der Waals surface area contributed by atoms with Crippen molar-refractivity contribution in [3.05, 3.63) is 41.5 Å². The number of alkyl halides is 2. The van der Waals surface area contributed by atoms with E-state index in [0.29, 0.717) is 18.5 Å². The Kier molecular flexibility index (Phi) is 5.49. The number of nitrogens with two attached hydrogens (primary N) is 1. The highest BCUT2D eigenvalue weighted by atomic mass is 19.3. The van der Waals surface area contributed by atoms with E-state index >= 15 is 0 Å². The van der Waals surface area contributed by atoms with Crippen LogP contribution in [0.3, 0.4) is 0 Å². The van der Waals surface area contributed by atoms with Crippen molar-refractivity contribution in [3.8, 4) is 5.88 Å². The molecule has 1 amide bonds. The Bertz CT molecular complexity index is 922. The summed E-state index contributed by atoms with van der Waals surface area (Å²) in [6.07, 6.45) is 3.58. The zero-order valence-electron chi connectivity index (χ0n) is 14.5. The number of rotatable bonds is 6. The van der Waals surface area contributed by atoms with Crippen molar-refractivity contribution in [2.45, 2.75) is 38.0 Å². The van der Waals surface area contributed by atoms with Crippen LogP contribution in [0.25, 0.3) is 4.85 Å². The van der Waals surface area contributed by atoms with E-state index in [0.717, 1.165) is 0 Å². The molecule has 0 bridgehead atoms. The molecule has 2 atom stereocenters. The van der Waals surface area contributed by atoms with Crippen LogP contribution in [0.15, 0.2) is 24.5 Å². The van der Waals surface area contributed by atoms with E-state index in [-0.39, 0.29) is 35.5 Å². The molecule has 9 nitrogen and oxygen atoms in total. The summed E-state index contributed by atoms with van der Waals surface area (Å²) in [6.45, 7) is 4.33. The first-order valence-corrected chi connectivity index (χ1v) is 8.32. The number of anilines is 2. The molecular formula is C17H16F2N6O3. The summed E-state index contributed by atoms with van der Waals surface area (Å²) < 4.78 is 30.0. The highest BCUT2D eigenvalue weighted by molar-refractivity contribution is 5.98. The molecule has 146 valence electrons. The number of carbonyl (C=O) groups excluding carboxylic acids is 2. The van der Waals surface area contributed by atoms with Gasteiger partial charge in [-0.1, -0.05) is 0 Å². The van der Waals surface area contributed by atoms with E-state index in [1.807, 2.05) is 0 Å². The minimum Gasteiger partial charge on any atom is -0.417 e. The highest BCUT2D eigenvalue weighted by Gasteiger charge is 2.36. The molecule has 1 fully saturated rings. The van der Waals surface area contributed by atoms with Gasteiger partial charge in [0.05, 0.1) is 18.3 Å². The summed E-state index contributed by atoms with van der Waals surface area (Å²) in [5.41, 5.74) is 5.87. The molecule has 1 aliphatic carbocycles. The first-order valence-electron chi connectivity index (χ1n) is 8.32. The minimum atomic E-state index is -2.98. The zero-order chi connectivity index (χ0) is 20.3. The zero-order valence-corrected chi connectivity index (χ0v) is 14.5. The minimum absolute atomic E-state index is 0.0232. The number of carbonyl (C=O) groups is 2. The van der Waals surface area contributed by atoms with Crippen LogP contribution in [0.4, 0.5) is 20.3 Å². The molecular weight excluding hydrogens is 374 g/mol. The predicted molar refractivity (Wildman–Crippen MR) is 93.2 cm³/mol. The fourth-order valence-electron chi connectivity index (χ4n) is 3.00. The SMILES string of the molecule is [C-]#[N+][C@H]1CC(=O)CC[C@@H]1n1cc(C(N)=O)c(Nc2ccc(OC(F)F)nc2)n1. The number of nitrogens with zero attached hydrogens (tertiary/aromatic N) is 4. The molecule has 0 saturated heterocycles. The Morgan fingerprint density at radius 1 is 1.46 bits per heavy atom. The monoisotopic (exact) mass is 390 g/mol. The molecule has 0 aromatic carbocycles. The number of Topliss-reactive ketones (excluding diaryl/α,β-unsaturated/α-hetero) is 1. The molecule has 0 unspecified atom stereocenters. The second-order valence-corrected chi connectivity index (χ2v) is 6.17. The van der Waals surface area contributed by atoms with Gasteiger partial charge in [-0.2, -0.15) is 13.9 Å². The van der Waals surface area contributed by atoms with Crippen LogP contribution in [0.1, 0.15) is 35.7 Å². The van der Waals surface area contributed by atoms with E-state index in [2.05, 4.69) is 25.0 Å². The normalized spacial score (nSPS) is 19.3. The van der Waals surface area contributed by atoms with E-state index in [1.54, 1.807) is 0 Å². The summed E-state index contributed by atoms with van der Waals surface area (Å²) in [6, 6.07) is 1.73. The molecule has 0 aliphatic heterocycles. The van der Waals surface area contributed by atoms with Crippen molar-refractivity contribution < 1.29 is 23.1 Å². The molecule has 28 heavy (non-hydrogen) atoms. The van der Waals surface area contributed by atoms with Gasteiger partial charge in [0.2, 0.25) is 5.88 Å². The van der Waals surface area contributed by atoms with Gasteiger partial charge in [-0.15, -0.1) is 0 Å². The maximum Gasteiger partial charge on any atom is 0.388 e. The topological polar surface area (TPSA) is 116 Å². The highest BCUT2D eigenvalue weighted by Crippen LogP contribution is 2.31. The summed E-state index contributed by atoms with van der Waals surface area (Å²) in [5, 5.41) is 7.17. The van der Waals surface area contributed by atoms with Gasteiger partial charge in [0, 0.05) is 18.7 Å². The third-order valence-electron chi connectivity index (χ3n) is 4.31. The molecule has 0 radical (unpaired) electrons. The number of hydrogen-bond acceptors (Lipinski definition) is 6. The molecule has 3 rings (SSSR count). The lowest BCUT2D eigenvalue weighted by atomic mass is 9.90. The van der Waals surface area contributed by atoms with Crippen molar-refractivity contribution in [1.29, 1.82) is 0 Å². The summed E-state index contributed by atoms with van der Waals surface area (Å²) >= 11 is 0. The van der Waals surface area contributed by atoms with Crippen molar-refractivity contribution in [3.63, 3.8) is 0 Å². The Morgan fingerprint density at radius 2 is 2.25 bits per heavy atom. The summed E-state index contributed by atoms with van der Waals surface area (Å²) in [7, 11) is 0. The standard InChI is InChI=1S/C17H16F2N6O3/c1-21-12-6-10(26)3-4-13(12)25-8-11(15(20)27)16(24-25)23-9-2-5-14(22-7-9)28-17(18)19/h2,5,7-8,12-13,17H,3-4,6H2,(H2,20,27)(H,23,24)/t12-,13-/m0/s1. The predicted octanol–water partition coefficient (Wildman–Crippen LogP) is 2.30. The largest absolute Gasteiger partial charge is 0.417 e. The van der Waals surface area contributed by atoms with Crippen molar-refractivity contribution in [1.82, 2.24) is 14.8 Å². The number of aromatic nitrogens is 3. The lowest BCUT2D eigenvalue weighted by molar-refractivity contribution is -0.121. The number of hydrogen-bond donors (Lipinski definition) is 2. The third-order valence-corrected chi connectivity index (χ3v) is 4.31. The van der Waals surface area contributed by atoms with Gasteiger partial charge >= 0.3 is 6.61 Å². The van der Waals surface area contributed by atoms with Gasteiger partial charge in [-0.05, 0) is 12.5 Å². The second kappa shape index (κ2) is 7.99. The fraction of sp³-hybridized carbons (Fsp3) is 0.353. The third kappa shape index (κ3) is 4.22. The molecule has 0 spiro atoms. The van der Waals surface area contributed by atoms with Gasteiger partial charge in [0.25, 0.3) is 11.9 Å². The van der Waals surface area contributed by atoms with E-state index in [4.69, 9.17) is 12.3 Å². The van der Waals surface area contributed by atoms with Crippen molar-refractivity contribution in [2.75, 3.05) is 5.32 Å². The molecule has 2 heterocycles. The maximum absolute atomic E-state index is 12.2. The quantitative estimate of drug-likeness (QED) is 0.731. The van der Waals surface area contributed by atoms with E-state index < -0.39 is 18.6 Å². The number of pyridine rings is 1. The van der Waals surface area contributed by atoms with Gasteiger partial charge in [0.15, 0.2) is 5.82 Å². The average Bonchev–Trinajstić information content (AvgIpc) is 3.06. The Morgan fingerprint density at radius 3 is 2.86 bits per heavy atom. The number of nitrogens with one attached hydrogen (secondary N) is 1. The first-order chi connectivity index (χ1) is 13.4. The van der Waals surface area contributed by atoms with Crippen molar-refractivity contribution >= 4 is 23.2 Å². The van der Waals surface area contributed by atoms with Crippen LogP contribution in [-0.2, 0) is 4.79 Å². The smallest absolute Gasteiger partial charge is 0.388 e. The Labute approximate surface area is 158 Å². The van der Waals surface area contributed by atoms with Crippen LogP contribution in [0, 0.1) is 6.57 Å². The van der Waals surface area contributed by atoms with Crippen LogP contribution >= 0.6 is 0 Å². The summed E-state index contributed by atoms with van der Waals surface area (Å²) in [5.74, 6) is -0.828. The molecule has 1 aliphatic rings. The molecule has 2 aromatic rings. The fourth-order valence-corrected chi connectivity index (χ4v) is 3.00. The maximum atomic E-state index is 12.2. The Hall–Kier alpha value is -3.55. The molecule has 11 heteroatoms. The van der Waals surface area contributed by atoms with Crippen LogP contribution in [-0.4, -0.2) is 39.1 Å². The molecule has 3 N–H and O–H groups in total. The van der Waals surface area contributed by atoms with Gasteiger partial charge in [0.1, 0.15) is 17.4 Å². The lowest BCUT2D eigenvalue weighted by Crippen LogP contribution is -2.30. The van der Waals surface area contributed by atoms with Gasteiger partial charge < -0.3 is 20.6 Å². The van der Waals surface area contributed by atoms with Crippen LogP contribution in [0.2, 0.25) is 0 Å². The van der Waals surface area contributed by atoms with Crippen molar-refractivity contribution in [2.24, 2.45) is 5.73 Å². The van der Waals surface area contributed by atoms with Crippen LogP contribution in [0.5, 0.6) is 5.88 Å². The molecule has 1 saturated carbocycles. The van der Waals surface area contributed by atoms with Crippen LogP contribution < -0.4 is 15.8 Å². The number of ether oxygens (including phenoxy) is 1. The van der Waals surface area contributed by atoms with Gasteiger partial charge in [-0.3, -0.25) is 14.3 Å². The lowest BCUT2D eigenvalue weighted by Gasteiger charge is -2.22. The molecule has 2 aromatic heterocycles. The number of amides is 1. The summed E-state index contributed by atoms with van der Waals surface area (Å²) in [4.78, 5) is 30.6. The second-order valence-electron chi connectivity index (χ2n) is 6.17. The Balaban J connectivity index is 1.84. The van der Waals surface area contributed by atoms with E-state index in [1.165, 1.54) is 29.2 Å². The average molecular weight is 390 g/mol.